The van der Waals surface area contributed by atoms with Crippen LogP contribution >= 0.6 is 13.5 Å². The largest absolute Gasteiger partial charge is 0.466 e. The van der Waals surface area contributed by atoms with Gasteiger partial charge in [0.15, 0.2) is 0 Å². The number of aliphatic hydroxyl groups is 1. The molecular weight excluding hydrogens is 196 g/mol. The van der Waals surface area contributed by atoms with Gasteiger partial charge >= 0.3 is 16.1 Å². The van der Waals surface area contributed by atoms with E-state index in [1.165, 1.54) is 0 Å². The first kappa shape index (κ1) is 13.3. The molecule has 0 spiro atoms. The number of hydrogen-bond donors (Lipinski definition) is 2. The van der Waals surface area contributed by atoms with E-state index in [1.54, 1.807) is 0 Å². The first-order valence-corrected chi connectivity index (χ1v) is 3.62. The fraction of sp³-hybridized carbons (Fsp3) is 0.667. The minimum absolute atomic E-state index is 0. The summed E-state index contributed by atoms with van der Waals surface area (Å²) >= 11 is 0. The molecule has 8 heteroatoms. The molecule has 0 saturated heterocycles. The average Bonchev–Trinajstić information content (AvgIpc) is 1.83. The first-order valence-electron chi connectivity index (χ1n) is 2.11. The molecule has 0 aliphatic heterocycles. The Morgan fingerprint density at radius 3 is 2.00 bits per heavy atom. The molecule has 0 bridgehead atoms. The van der Waals surface area contributed by atoms with Gasteiger partial charge in [0.2, 0.25) is 0 Å². The Labute approximate surface area is 70.4 Å². The molecule has 0 aromatic rings. The molecular formula is C3H8O6S2. The Balaban J connectivity index is 0. The zero-order valence-electron chi connectivity index (χ0n) is 5.51. The van der Waals surface area contributed by atoms with Crippen molar-refractivity contribution in [1.82, 2.24) is 0 Å². The van der Waals surface area contributed by atoms with Gasteiger partial charge in [-0.1, -0.05) is 0 Å². The molecule has 1 unspecified atom stereocenters. The summed E-state index contributed by atoms with van der Waals surface area (Å²) in [6.07, 6.45) is 0. The second-order valence-corrected chi connectivity index (χ2v) is 2.87. The molecule has 11 heavy (non-hydrogen) atoms. The number of carbonyl (C=O) groups is 1. The summed E-state index contributed by atoms with van der Waals surface area (Å²) in [5.74, 6) is -1.41. The van der Waals surface area contributed by atoms with Crippen LogP contribution < -0.4 is 0 Å². The summed E-state index contributed by atoms with van der Waals surface area (Å²) in [7, 11) is -3.85. The van der Waals surface area contributed by atoms with Gasteiger partial charge in [-0.3, -0.25) is 4.55 Å². The van der Waals surface area contributed by atoms with Gasteiger partial charge in [-0.2, -0.15) is 21.9 Å². The van der Waals surface area contributed by atoms with Crippen molar-refractivity contribution < 1.29 is 27.6 Å². The van der Waals surface area contributed by atoms with Crippen molar-refractivity contribution in [3.63, 3.8) is 0 Å². The lowest BCUT2D eigenvalue weighted by Crippen LogP contribution is -2.30. The third-order valence-electron chi connectivity index (χ3n) is 0.685. The van der Waals surface area contributed by atoms with E-state index in [0.717, 1.165) is 7.11 Å². The van der Waals surface area contributed by atoms with Crippen molar-refractivity contribution in [2.24, 2.45) is 0 Å². The minimum atomic E-state index is -4.73. The van der Waals surface area contributed by atoms with Crippen LogP contribution in [-0.4, -0.2) is 36.6 Å². The zero-order chi connectivity index (χ0) is 8.36. The lowest BCUT2D eigenvalue weighted by atomic mass is 10.7. The van der Waals surface area contributed by atoms with Crippen molar-refractivity contribution in [3.05, 3.63) is 0 Å². The van der Waals surface area contributed by atoms with Crippen LogP contribution in [0.15, 0.2) is 0 Å². The molecule has 0 heterocycles. The van der Waals surface area contributed by atoms with E-state index in [1.807, 2.05) is 0 Å². The van der Waals surface area contributed by atoms with Gasteiger partial charge in [0, 0.05) is 0 Å². The van der Waals surface area contributed by atoms with Gasteiger partial charge in [-0.25, -0.2) is 4.79 Å². The summed E-state index contributed by atoms with van der Waals surface area (Å²) in [6.45, 7) is 0. The molecule has 68 valence electrons. The fourth-order valence-electron chi connectivity index (χ4n) is 0.222. The Morgan fingerprint density at radius 2 is 1.91 bits per heavy atom. The molecule has 0 fully saturated rings. The summed E-state index contributed by atoms with van der Waals surface area (Å²) in [5.41, 5.74) is -2.50. The summed E-state index contributed by atoms with van der Waals surface area (Å²) in [4.78, 5) is 10.1. The van der Waals surface area contributed by atoms with E-state index in [9.17, 15) is 13.2 Å². The molecule has 0 aromatic carbocycles. The first-order chi connectivity index (χ1) is 4.39. The predicted molar refractivity (Wildman–Crippen MR) is 40.0 cm³/mol. The smallest absolute Gasteiger partial charge is 0.353 e. The summed E-state index contributed by atoms with van der Waals surface area (Å²) in [6, 6.07) is 0. The van der Waals surface area contributed by atoms with Gasteiger partial charge < -0.3 is 9.84 Å². The van der Waals surface area contributed by atoms with Crippen molar-refractivity contribution in [3.8, 4) is 0 Å². The quantitative estimate of drug-likeness (QED) is 0.418. The average molecular weight is 204 g/mol. The molecule has 0 aromatic heterocycles. The highest BCUT2D eigenvalue weighted by Crippen LogP contribution is 1.95. The molecule has 0 saturated carbocycles. The second-order valence-electron chi connectivity index (χ2n) is 1.39. The maximum atomic E-state index is 10.1. The standard InChI is InChI=1S/C3H6O6S.H2S/c1-9-2(4)3(5)10(6,7)8;/h3,5H,1H3,(H,6,7,8);1H2. The molecule has 0 radical (unpaired) electrons. The molecule has 6 nitrogen and oxygen atoms in total. The number of hydrogen-bond acceptors (Lipinski definition) is 5. The van der Waals surface area contributed by atoms with Gasteiger partial charge in [-0.05, 0) is 0 Å². The van der Waals surface area contributed by atoms with Crippen molar-refractivity contribution in [1.29, 1.82) is 0 Å². The van der Waals surface area contributed by atoms with E-state index < -0.39 is 21.5 Å². The number of ether oxygens (including phenoxy) is 1. The molecule has 1 atom stereocenters. The van der Waals surface area contributed by atoms with Crippen LogP contribution in [0, 0.1) is 0 Å². The van der Waals surface area contributed by atoms with Crippen LogP contribution in [0.1, 0.15) is 0 Å². The van der Waals surface area contributed by atoms with Gasteiger partial charge in [0.25, 0.3) is 5.44 Å². The Kier molecular flexibility index (Phi) is 5.49. The highest BCUT2D eigenvalue weighted by molar-refractivity contribution is 7.87. The third-order valence-corrected chi connectivity index (χ3v) is 1.44. The minimum Gasteiger partial charge on any atom is -0.466 e. The zero-order valence-corrected chi connectivity index (χ0v) is 7.33. The van der Waals surface area contributed by atoms with Crippen LogP contribution in [-0.2, 0) is 19.6 Å². The molecule has 0 aliphatic rings. The van der Waals surface area contributed by atoms with Crippen LogP contribution in [0.25, 0.3) is 0 Å². The Hall–Kier alpha value is -0.310. The van der Waals surface area contributed by atoms with Gasteiger partial charge in [-0.15, -0.1) is 0 Å². The highest BCUT2D eigenvalue weighted by atomic mass is 32.2. The van der Waals surface area contributed by atoms with Crippen LogP contribution in [0.3, 0.4) is 0 Å². The lowest BCUT2D eigenvalue weighted by molar-refractivity contribution is -0.146. The van der Waals surface area contributed by atoms with Crippen LogP contribution in [0.4, 0.5) is 0 Å². The maximum absolute atomic E-state index is 10.1. The van der Waals surface area contributed by atoms with Crippen molar-refractivity contribution >= 4 is 29.6 Å². The number of esters is 1. The number of aliphatic hydroxyl groups excluding tert-OH is 1. The molecule has 0 aliphatic carbocycles. The number of rotatable bonds is 2. The fourth-order valence-corrected chi connectivity index (χ4v) is 0.562. The van der Waals surface area contributed by atoms with Crippen LogP contribution in [0.2, 0.25) is 0 Å². The third kappa shape index (κ3) is 4.19. The van der Waals surface area contributed by atoms with E-state index in [2.05, 4.69) is 4.74 Å². The monoisotopic (exact) mass is 204 g/mol. The van der Waals surface area contributed by atoms with Crippen molar-refractivity contribution in [2.45, 2.75) is 5.44 Å². The van der Waals surface area contributed by atoms with E-state index in [4.69, 9.17) is 9.66 Å². The summed E-state index contributed by atoms with van der Waals surface area (Å²) in [5, 5.41) is 8.34. The SMILES string of the molecule is COC(=O)C(O)S(=O)(=O)O.S. The molecule has 0 rings (SSSR count). The number of methoxy groups -OCH3 is 1. The number of carbonyl (C=O) groups excluding carboxylic acids is 1. The highest BCUT2D eigenvalue weighted by Gasteiger charge is 2.28. The Bertz CT molecular complexity index is 218. The van der Waals surface area contributed by atoms with Crippen LogP contribution in [0.5, 0.6) is 0 Å². The Morgan fingerprint density at radius 1 is 1.55 bits per heavy atom. The van der Waals surface area contributed by atoms with E-state index >= 15 is 0 Å². The molecule has 0 amide bonds. The summed E-state index contributed by atoms with van der Waals surface area (Å²) < 4.78 is 31.7. The maximum Gasteiger partial charge on any atom is 0.353 e. The topological polar surface area (TPSA) is 101 Å². The van der Waals surface area contributed by atoms with Crippen molar-refractivity contribution in [2.75, 3.05) is 7.11 Å². The van der Waals surface area contributed by atoms with E-state index in [0.29, 0.717) is 0 Å². The predicted octanol–water partition coefficient (Wildman–Crippen LogP) is -1.52. The normalized spacial score (nSPS) is 13.0. The van der Waals surface area contributed by atoms with E-state index in [-0.39, 0.29) is 13.5 Å². The second kappa shape index (κ2) is 4.54. The lowest BCUT2D eigenvalue weighted by Gasteiger charge is -2.02. The van der Waals surface area contributed by atoms with Gasteiger partial charge in [0.1, 0.15) is 0 Å². The molecule has 2 N–H and O–H groups in total. The van der Waals surface area contributed by atoms with Gasteiger partial charge in [0.05, 0.1) is 7.11 Å².